The molecule has 1 fully saturated rings. The zero-order valence-corrected chi connectivity index (χ0v) is 17.8. The summed E-state index contributed by atoms with van der Waals surface area (Å²) in [6.07, 6.45) is 0. The van der Waals surface area contributed by atoms with E-state index in [1.165, 1.54) is 17.0 Å². The first-order chi connectivity index (χ1) is 15.4. The van der Waals surface area contributed by atoms with Gasteiger partial charge in [0.05, 0.1) is 24.9 Å². The lowest BCUT2D eigenvalue weighted by Gasteiger charge is -2.26. The third-order valence-electron chi connectivity index (χ3n) is 5.58. The smallest absolute Gasteiger partial charge is 0.352 e. The van der Waals surface area contributed by atoms with E-state index >= 15 is 0 Å². The zero-order chi connectivity index (χ0) is 22.8. The fourth-order valence-corrected chi connectivity index (χ4v) is 3.64. The summed E-state index contributed by atoms with van der Waals surface area (Å²) in [5, 5.41) is 4.10. The van der Waals surface area contributed by atoms with Crippen molar-refractivity contribution in [3.8, 4) is 5.69 Å². The molecular weight excluding hydrogens is 415 g/mol. The van der Waals surface area contributed by atoms with Gasteiger partial charge in [-0.1, -0.05) is 36.4 Å². The highest BCUT2D eigenvalue weighted by atomic mass is 19.1. The zero-order valence-electron chi connectivity index (χ0n) is 17.8. The molecule has 32 heavy (non-hydrogen) atoms. The second-order valence-corrected chi connectivity index (χ2v) is 7.64. The number of rotatable bonds is 4. The van der Waals surface area contributed by atoms with Gasteiger partial charge < -0.3 is 9.64 Å². The van der Waals surface area contributed by atoms with E-state index in [4.69, 9.17) is 4.74 Å². The van der Waals surface area contributed by atoms with Crippen LogP contribution in [-0.2, 0) is 4.74 Å². The number of hydrogen-bond donors (Lipinski definition) is 0. The summed E-state index contributed by atoms with van der Waals surface area (Å²) >= 11 is 0. The Bertz CT molecular complexity index is 1260. The van der Waals surface area contributed by atoms with Crippen molar-refractivity contribution in [3.63, 3.8) is 0 Å². The minimum atomic E-state index is -0.785. The number of hydrogen-bond acceptors (Lipinski definition) is 5. The molecule has 1 atom stereocenters. The number of carbonyl (C=O) groups is 1. The summed E-state index contributed by atoms with van der Waals surface area (Å²) in [5.41, 5.74) is -0.695. The van der Waals surface area contributed by atoms with Crippen LogP contribution in [-0.4, -0.2) is 51.5 Å². The molecule has 0 saturated carbocycles. The van der Waals surface area contributed by atoms with Crippen molar-refractivity contribution in [2.45, 2.75) is 19.9 Å². The highest BCUT2D eigenvalue weighted by Gasteiger charge is 2.28. The molecule has 8 nitrogen and oxygen atoms in total. The lowest BCUT2D eigenvalue weighted by Crippen LogP contribution is -2.49. The number of amides is 1. The monoisotopic (exact) mass is 438 g/mol. The Balaban J connectivity index is 1.93. The molecule has 1 aliphatic heterocycles. The SMILES string of the molecule is Cc1ccc(-n2nc(C(=O)N3CCOCC3)c(=O)n([C@H](C)c3ccccc3)c2=O)cc1F. The van der Waals surface area contributed by atoms with Crippen molar-refractivity contribution >= 4 is 5.91 Å². The average Bonchev–Trinajstić information content (AvgIpc) is 2.82. The van der Waals surface area contributed by atoms with Crippen LogP contribution in [0.3, 0.4) is 0 Å². The summed E-state index contributed by atoms with van der Waals surface area (Å²) in [6, 6.07) is 12.5. The number of aryl methyl sites for hydroxylation is 1. The largest absolute Gasteiger partial charge is 0.378 e. The van der Waals surface area contributed by atoms with Crippen molar-refractivity contribution in [2.24, 2.45) is 0 Å². The molecule has 0 bridgehead atoms. The maximum atomic E-state index is 14.2. The van der Waals surface area contributed by atoms with Crippen molar-refractivity contribution < 1.29 is 13.9 Å². The molecule has 0 aliphatic carbocycles. The standard InChI is InChI=1S/C23H23FN4O4/c1-15-8-9-18(14-19(15)24)28-23(31)27(16(2)17-6-4-3-5-7-17)22(30)20(25-28)21(29)26-10-12-32-13-11-26/h3-9,14,16H,10-13H2,1-2H3/t16-/m1/s1. The molecular formula is C23H23FN4O4. The molecule has 0 spiro atoms. The Morgan fingerprint density at radius 3 is 2.44 bits per heavy atom. The molecule has 2 heterocycles. The Hall–Kier alpha value is -3.59. The molecule has 1 amide bonds. The number of benzene rings is 2. The minimum Gasteiger partial charge on any atom is -0.378 e. The van der Waals surface area contributed by atoms with Crippen molar-refractivity contribution in [1.82, 2.24) is 19.2 Å². The van der Waals surface area contributed by atoms with Crippen LogP contribution in [0.25, 0.3) is 5.69 Å². The van der Waals surface area contributed by atoms with Crippen LogP contribution in [0.1, 0.15) is 34.6 Å². The summed E-state index contributed by atoms with van der Waals surface area (Å²) in [7, 11) is 0. The molecule has 2 aromatic carbocycles. The number of aromatic nitrogens is 3. The van der Waals surface area contributed by atoms with Gasteiger partial charge in [-0.05, 0) is 31.0 Å². The van der Waals surface area contributed by atoms with Gasteiger partial charge in [-0.25, -0.2) is 13.8 Å². The van der Waals surface area contributed by atoms with Gasteiger partial charge in [0.1, 0.15) is 5.82 Å². The number of carbonyl (C=O) groups excluding carboxylic acids is 1. The van der Waals surface area contributed by atoms with Gasteiger partial charge in [0.2, 0.25) is 5.69 Å². The van der Waals surface area contributed by atoms with Crippen molar-refractivity contribution in [1.29, 1.82) is 0 Å². The molecule has 0 N–H and O–H groups in total. The molecule has 0 unspecified atom stereocenters. The number of halogens is 1. The molecule has 1 aliphatic rings. The molecule has 3 aromatic rings. The Morgan fingerprint density at radius 2 is 1.78 bits per heavy atom. The maximum Gasteiger partial charge on any atom is 0.352 e. The van der Waals surface area contributed by atoms with Gasteiger partial charge >= 0.3 is 5.69 Å². The van der Waals surface area contributed by atoms with E-state index in [9.17, 15) is 18.8 Å². The summed E-state index contributed by atoms with van der Waals surface area (Å²) in [5.74, 6) is -1.11. The first-order valence-electron chi connectivity index (χ1n) is 10.3. The van der Waals surface area contributed by atoms with E-state index in [1.807, 2.05) is 6.07 Å². The first-order valence-corrected chi connectivity index (χ1v) is 10.3. The lowest BCUT2D eigenvalue weighted by atomic mass is 10.1. The van der Waals surface area contributed by atoms with E-state index in [0.717, 1.165) is 15.3 Å². The normalized spacial score (nSPS) is 14.9. The van der Waals surface area contributed by atoms with Crippen LogP contribution in [0.2, 0.25) is 0 Å². The van der Waals surface area contributed by atoms with E-state index in [-0.39, 0.29) is 5.69 Å². The van der Waals surface area contributed by atoms with Crippen LogP contribution < -0.4 is 11.2 Å². The van der Waals surface area contributed by atoms with Crippen LogP contribution >= 0.6 is 0 Å². The molecule has 1 saturated heterocycles. The van der Waals surface area contributed by atoms with Crippen LogP contribution in [0.5, 0.6) is 0 Å². The third-order valence-corrected chi connectivity index (χ3v) is 5.58. The molecule has 1 aromatic heterocycles. The molecule has 9 heteroatoms. The fraction of sp³-hybridized carbons (Fsp3) is 0.304. The van der Waals surface area contributed by atoms with E-state index in [1.54, 1.807) is 38.1 Å². The first kappa shape index (κ1) is 21.6. The minimum absolute atomic E-state index is 0.128. The maximum absolute atomic E-state index is 14.2. The predicted molar refractivity (Wildman–Crippen MR) is 116 cm³/mol. The molecule has 4 rings (SSSR count). The van der Waals surface area contributed by atoms with Crippen LogP contribution in [0, 0.1) is 12.7 Å². The Kier molecular flexibility index (Phi) is 6.00. The van der Waals surface area contributed by atoms with E-state index < -0.39 is 34.7 Å². The third kappa shape index (κ3) is 3.99. The van der Waals surface area contributed by atoms with Gasteiger partial charge in [0, 0.05) is 19.2 Å². The van der Waals surface area contributed by atoms with Crippen molar-refractivity contribution in [3.05, 3.63) is 92.0 Å². The highest BCUT2D eigenvalue weighted by Crippen LogP contribution is 2.16. The quantitative estimate of drug-likeness (QED) is 0.621. The van der Waals surface area contributed by atoms with Crippen LogP contribution in [0.4, 0.5) is 4.39 Å². The molecule has 166 valence electrons. The number of morpholine rings is 1. The van der Waals surface area contributed by atoms with Crippen molar-refractivity contribution in [2.75, 3.05) is 26.3 Å². The Morgan fingerprint density at radius 1 is 1.09 bits per heavy atom. The van der Waals surface area contributed by atoms with Gasteiger partial charge in [-0.2, -0.15) is 9.78 Å². The number of ether oxygens (including phenoxy) is 1. The summed E-state index contributed by atoms with van der Waals surface area (Å²) in [4.78, 5) is 41.3. The number of nitrogens with zero attached hydrogens (tertiary/aromatic N) is 4. The lowest BCUT2D eigenvalue weighted by molar-refractivity contribution is 0.0295. The van der Waals surface area contributed by atoms with Gasteiger partial charge in [0.15, 0.2) is 0 Å². The fourth-order valence-electron chi connectivity index (χ4n) is 3.64. The second-order valence-electron chi connectivity index (χ2n) is 7.64. The van der Waals surface area contributed by atoms with Gasteiger partial charge in [-0.15, -0.1) is 0 Å². The van der Waals surface area contributed by atoms with E-state index in [2.05, 4.69) is 5.10 Å². The second kappa shape index (κ2) is 8.88. The average molecular weight is 438 g/mol. The topological polar surface area (TPSA) is 86.4 Å². The highest BCUT2D eigenvalue weighted by molar-refractivity contribution is 5.91. The predicted octanol–water partition coefficient (Wildman–Crippen LogP) is 1.92. The van der Waals surface area contributed by atoms with Gasteiger partial charge in [-0.3, -0.25) is 9.59 Å². The summed E-state index contributed by atoms with van der Waals surface area (Å²) < 4.78 is 21.4. The van der Waals surface area contributed by atoms with Gasteiger partial charge in [0.25, 0.3) is 11.5 Å². The molecule has 0 radical (unpaired) electrons. The Labute approximate surface area is 183 Å². The summed E-state index contributed by atoms with van der Waals surface area (Å²) in [6.45, 7) is 4.62. The van der Waals surface area contributed by atoms with Crippen LogP contribution in [0.15, 0.2) is 58.1 Å². The van der Waals surface area contributed by atoms with E-state index in [0.29, 0.717) is 37.4 Å².